The first-order valence-electron chi connectivity index (χ1n) is 7.99. The molecule has 1 fully saturated rings. The number of amides is 1. The minimum atomic E-state index is -0.205. The Balaban J connectivity index is 1.86. The quantitative estimate of drug-likeness (QED) is 0.378. The lowest BCUT2D eigenvalue weighted by Crippen LogP contribution is -2.19. The molecule has 0 unspecified atom stereocenters. The number of hydrogen-bond donors (Lipinski definition) is 1. The lowest BCUT2D eigenvalue weighted by Gasteiger charge is -2.09. The first-order chi connectivity index (χ1) is 13.4. The maximum atomic E-state index is 12.3. The van der Waals surface area contributed by atoms with Crippen LogP contribution in [0.1, 0.15) is 11.1 Å². The highest BCUT2D eigenvalue weighted by Crippen LogP contribution is 2.37. The summed E-state index contributed by atoms with van der Waals surface area (Å²) in [4.78, 5) is 17.4. The Hall–Kier alpha value is -1.72. The van der Waals surface area contributed by atoms with Crippen molar-refractivity contribution >= 4 is 78.1 Å². The third-order valence-electron chi connectivity index (χ3n) is 3.73. The number of thioether (sulfide) groups is 1. The van der Waals surface area contributed by atoms with Crippen molar-refractivity contribution < 1.29 is 9.53 Å². The van der Waals surface area contributed by atoms with Crippen molar-refractivity contribution in [1.82, 2.24) is 5.32 Å². The summed E-state index contributed by atoms with van der Waals surface area (Å²) in [7, 11) is 0. The molecule has 4 nitrogen and oxygen atoms in total. The summed E-state index contributed by atoms with van der Waals surface area (Å²) in [6.07, 6.45) is 7.02. The number of hydrogen-bond acceptors (Lipinski definition) is 4. The minimum absolute atomic E-state index is 0.165. The lowest BCUT2D eigenvalue weighted by atomic mass is 10.2. The Morgan fingerprint density at radius 2 is 2.07 bits per heavy atom. The average Bonchev–Trinajstić information content (AvgIpc) is 2.97. The smallest absolute Gasteiger partial charge is 0.264 e. The van der Waals surface area contributed by atoms with E-state index in [9.17, 15) is 4.79 Å². The van der Waals surface area contributed by atoms with Crippen molar-refractivity contribution in [3.8, 4) is 18.1 Å². The Labute approximate surface area is 189 Å². The fraction of sp³-hybridized carbons (Fsp3) is 0.100. The van der Waals surface area contributed by atoms with Gasteiger partial charge in [-0.25, -0.2) is 4.99 Å². The van der Waals surface area contributed by atoms with Crippen LogP contribution in [0.25, 0.3) is 6.08 Å². The number of terminal acetylenes is 1. The van der Waals surface area contributed by atoms with E-state index in [-0.39, 0.29) is 12.5 Å². The second kappa shape index (κ2) is 9.19. The van der Waals surface area contributed by atoms with E-state index in [1.165, 1.54) is 11.8 Å². The monoisotopic (exact) mass is 538 g/mol. The van der Waals surface area contributed by atoms with Gasteiger partial charge in [0.25, 0.3) is 5.91 Å². The summed E-state index contributed by atoms with van der Waals surface area (Å²) in [6, 6.07) is 9.19. The first kappa shape index (κ1) is 21.0. The molecule has 28 heavy (non-hydrogen) atoms. The van der Waals surface area contributed by atoms with Crippen LogP contribution >= 0.6 is 55.2 Å². The van der Waals surface area contributed by atoms with Crippen LogP contribution in [0.4, 0.5) is 5.69 Å². The van der Waals surface area contributed by atoms with E-state index in [4.69, 9.17) is 22.8 Å². The number of ether oxygens (including phenoxy) is 1. The zero-order valence-electron chi connectivity index (χ0n) is 14.6. The number of carbonyl (C=O) groups excluding carboxylic acids is 1. The van der Waals surface area contributed by atoms with Gasteiger partial charge in [0.15, 0.2) is 5.17 Å². The number of aliphatic imine (C=N–C) groups is 1. The molecular weight excluding hydrogens is 528 g/mol. The molecule has 2 aromatic carbocycles. The number of halogens is 3. The van der Waals surface area contributed by atoms with E-state index < -0.39 is 0 Å². The molecule has 1 heterocycles. The standard InChI is InChI=1S/C20H13Br2ClN2O2S/c1-3-7-27-18-13(21)8-12(9-14(18)22)10-17-19(26)25-20(28-17)24-16-6-4-5-15(23)11(16)2/h1,4-6,8-10H,7H2,2H3,(H,24,25,26)/b17-10+. The molecule has 1 aliphatic rings. The largest absolute Gasteiger partial charge is 0.479 e. The highest BCUT2D eigenvalue weighted by molar-refractivity contribution is 9.11. The lowest BCUT2D eigenvalue weighted by molar-refractivity contribution is -0.115. The summed E-state index contributed by atoms with van der Waals surface area (Å²) >= 11 is 14.3. The Morgan fingerprint density at radius 1 is 1.36 bits per heavy atom. The second-order valence-electron chi connectivity index (χ2n) is 5.67. The van der Waals surface area contributed by atoms with Crippen molar-refractivity contribution in [3.63, 3.8) is 0 Å². The van der Waals surface area contributed by atoms with Gasteiger partial charge in [-0.15, -0.1) is 6.42 Å². The molecule has 3 rings (SSSR count). The van der Waals surface area contributed by atoms with Crippen LogP contribution in [0.3, 0.4) is 0 Å². The molecule has 0 aliphatic carbocycles. The van der Waals surface area contributed by atoms with E-state index in [0.717, 1.165) is 25.8 Å². The molecular formula is C20H13Br2ClN2O2S. The molecule has 0 radical (unpaired) electrons. The van der Waals surface area contributed by atoms with E-state index >= 15 is 0 Å². The molecule has 0 aromatic heterocycles. The Morgan fingerprint density at radius 3 is 2.75 bits per heavy atom. The van der Waals surface area contributed by atoms with Crippen LogP contribution in [0.2, 0.25) is 5.02 Å². The summed E-state index contributed by atoms with van der Waals surface area (Å²) in [5.74, 6) is 2.84. The summed E-state index contributed by atoms with van der Waals surface area (Å²) in [6.45, 7) is 2.05. The molecule has 1 saturated heterocycles. The molecule has 0 atom stereocenters. The number of nitrogens with zero attached hydrogens (tertiary/aromatic N) is 1. The molecule has 8 heteroatoms. The van der Waals surface area contributed by atoms with Crippen molar-refractivity contribution in [1.29, 1.82) is 0 Å². The number of benzene rings is 2. The SMILES string of the molecule is C#CCOc1c(Br)cc(/C=C2/SC(=Nc3cccc(Cl)c3C)NC2=O)cc1Br. The molecule has 0 spiro atoms. The van der Waals surface area contributed by atoms with E-state index in [2.05, 4.69) is 48.1 Å². The van der Waals surface area contributed by atoms with Crippen molar-refractivity contribution in [2.45, 2.75) is 6.92 Å². The van der Waals surface area contributed by atoms with E-state index in [1.54, 1.807) is 12.1 Å². The third kappa shape index (κ3) is 4.81. The number of amidine groups is 1. The van der Waals surface area contributed by atoms with E-state index in [0.29, 0.717) is 20.8 Å². The highest BCUT2D eigenvalue weighted by atomic mass is 79.9. The van der Waals surface area contributed by atoms with Crippen LogP contribution in [-0.4, -0.2) is 17.7 Å². The predicted octanol–water partition coefficient (Wildman–Crippen LogP) is 6.08. The van der Waals surface area contributed by atoms with Crippen molar-refractivity contribution in [3.05, 3.63) is 60.3 Å². The first-order valence-corrected chi connectivity index (χ1v) is 10.8. The number of carbonyl (C=O) groups is 1. The van der Waals surface area contributed by atoms with Gasteiger partial charge >= 0.3 is 0 Å². The second-order valence-corrected chi connectivity index (χ2v) is 8.82. The summed E-state index contributed by atoms with van der Waals surface area (Å²) in [5.41, 5.74) is 2.40. The van der Waals surface area contributed by atoms with Gasteiger partial charge in [-0.05, 0) is 92.0 Å². The van der Waals surface area contributed by atoms with Crippen molar-refractivity contribution in [2.75, 3.05) is 6.61 Å². The summed E-state index contributed by atoms with van der Waals surface area (Å²) < 4.78 is 6.97. The van der Waals surface area contributed by atoms with Gasteiger partial charge in [-0.1, -0.05) is 23.6 Å². The van der Waals surface area contributed by atoms with Gasteiger partial charge in [0.05, 0.1) is 19.5 Å². The Kier molecular flexibility index (Phi) is 6.89. The molecule has 0 saturated carbocycles. The predicted molar refractivity (Wildman–Crippen MR) is 123 cm³/mol. The van der Waals surface area contributed by atoms with Crippen LogP contribution in [-0.2, 0) is 4.79 Å². The van der Waals surface area contributed by atoms with Gasteiger partial charge in [0, 0.05) is 5.02 Å². The van der Waals surface area contributed by atoms with Gasteiger partial charge < -0.3 is 10.1 Å². The molecule has 1 N–H and O–H groups in total. The van der Waals surface area contributed by atoms with Crippen LogP contribution in [0, 0.1) is 19.3 Å². The van der Waals surface area contributed by atoms with Gasteiger partial charge in [0.2, 0.25) is 0 Å². The molecule has 0 bridgehead atoms. The molecule has 2 aromatic rings. The number of rotatable bonds is 4. The number of nitrogens with one attached hydrogen (secondary N) is 1. The zero-order chi connectivity index (χ0) is 20.3. The normalized spacial score (nSPS) is 16.3. The highest BCUT2D eigenvalue weighted by Gasteiger charge is 2.24. The third-order valence-corrected chi connectivity index (χ3v) is 6.23. The molecule has 1 amide bonds. The van der Waals surface area contributed by atoms with Crippen LogP contribution in [0.5, 0.6) is 5.75 Å². The zero-order valence-corrected chi connectivity index (χ0v) is 19.3. The summed E-state index contributed by atoms with van der Waals surface area (Å²) in [5, 5.41) is 3.92. The minimum Gasteiger partial charge on any atom is -0.479 e. The van der Waals surface area contributed by atoms with Crippen LogP contribution in [0.15, 0.2) is 49.2 Å². The van der Waals surface area contributed by atoms with E-state index in [1.807, 2.05) is 31.2 Å². The fourth-order valence-electron chi connectivity index (χ4n) is 2.37. The molecule has 1 aliphatic heterocycles. The molecule has 142 valence electrons. The topological polar surface area (TPSA) is 50.7 Å². The average molecular weight is 541 g/mol. The van der Waals surface area contributed by atoms with Crippen LogP contribution < -0.4 is 10.1 Å². The maximum Gasteiger partial charge on any atom is 0.264 e. The Bertz CT molecular complexity index is 1040. The van der Waals surface area contributed by atoms with Crippen molar-refractivity contribution in [2.24, 2.45) is 4.99 Å². The fourth-order valence-corrected chi connectivity index (χ4v) is 4.83. The van der Waals surface area contributed by atoms with Gasteiger partial charge in [0.1, 0.15) is 12.4 Å². The maximum absolute atomic E-state index is 12.3. The van der Waals surface area contributed by atoms with Gasteiger partial charge in [-0.3, -0.25) is 4.79 Å². The van der Waals surface area contributed by atoms with Gasteiger partial charge in [-0.2, -0.15) is 0 Å².